The van der Waals surface area contributed by atoms with Crippen LogP contribution in [0.15, 0.2) is 18.3 Å². The number of hydrogen-bond donors (Lipinski definition) is 2. The third-order valence-corrected chi connectivity index (χ3v) is 4.58. The Hall–Kier alpha value is -1.62. The van der Waals surface area contributed by atoms with Gasteiger partial charge in [-0.3, -0.25) is 4.79 Å². The minimum absolute atomic E-state index is 0.102. The van der Waals surface area contributed by atoms with Crippen LogP contribution in [-0.4, -0.2) is 41.7 Å². The van der Waals surface area contributed by atoms with E-state index in [9.17, 15) is 9.90 Å². The van der Waals surface area contributed by atoms with E-state index in [4.69, 9.17) is 0 Å². The second kappa shape index (κ2) is 6.43. The van der Waals surface area contributed by atoms with Crippen LogP contribution in [0.4, 0.5) is 5.82 Å². The zero-order valence-electron chi connectivity index (χ0n) is 12.3. The lowest BCUT2D eigenvalue weighted by Crippen LogP contribution is -2.32. The quantitative estimate of drug-likeness (QED) is 0.883. The van der Waals surface area contributed by atoms with Gasteiger partial charge in [0, 0.05) is 31.7 Å². The molecular weight excluding hydrogens is 266 g/mol. The zero-order valence-corrected chi connectivity index (χ0v) is 12.3. The monoisotopic (exact) mass is 289 g/mol. The fraction of sp³-hybridized carbons (Fsp3) is 0.625. The van der Waals surface area contributed by atoms with Gasteiger partial charge in [0.2, 0.25) is 0 Å². The summed E-state index contributed by atoms with van der Waals surface area (Å²) in [6.45, 7) is 2.66. The van der Waals surface area contributed by atoms with Crippen LogP contribution in [0.1, 0.15) is 42.5 Å². The number of carbonyl (C=O) groups is 1. The van der Waals surface area contributed by atoms with E-state index < -0.39 is 0 Å². The minimum atomic E-state index is -0.263. The lowest BCUT2D eigenvalue weighted by Gasteiger charge is -2.17. The third kappa shape index (κ3) is 3.35. The molecule has 1 saturated carbocycles. The summed E-state index contributed by atoms with van der Waals surface area (Å²) in [6, 6.07) is 3.76. The zero-order chi connectivity index (χ0) is 14.7. The summed E-state index contributed by atoms with van der Waals surface area (Å²) in [5.74, 6) is 1.05. The van der Waals surface area contributed by atoms with Crippen LogP contribution >= 0.6 is 0 Å². The van der Waals surface area contributed by atoms with Gasteiger partial charge >= 0.3 is 0 Å². The molecule has 0 aromatic carbocycles. The van der Waals surface area contributed by atoms with Gasteiger partial charge in [-0.25, -0.2) is 4.98 Å². The fourth-order valence-corrected chi connectivity index (χ4v) is 3.23. The van der Waals surface area contributed by atoms with Gasteiger partial charge in [0.1, 0.15) is 5.82 Å². The standard InChI is InChI=1S/C16H23N3O2/c20-14-5-3-4-12(14)10-18-16(21)13-6-7-15(17-11-13)19-8-1-2-9-19/h6-7,11-12,14,20H,1-5,8-10H2,(H,18,21). The molecule has 2 atom stereocenters. The van der Waals surface area contributed by atoms with Crippen LogP contribution in [0.25, 0.3) is 0 Å². The molecule has 0 spiro atoms. The summed E-state index contributed by atoms with van der Waals surface area (Å²) in [5.41, 5.74) is 0.588. The Morgan fingerprint density at radius 3 is 2.71 bits per heavy atom. The molecule has 2 aliphatic rings. The van der Waals surface area contributed by atoms with E-state index in [2.05, 4.69) is 15.2 Å². The fourth-order valence-electron chi connectivity index (χ4n) is 3.23. The van der Waals surface area contributed by atoms with Crippen molar-refractivity contribution in [3.05, 3.63) is 23.9 Å². The summed E-state index contributed by atoms with van der Waals surface area (Å²) in [7, 11) is 0. The molecule has 21 heavy (non-hydrogen) atoms. The maximum absolute atomic E-state index is 12.1. The van der Waals surface area contributed by atoms with Crippen molar-refractivity contribution in [1.82, 2.24) is 10.3 Å². The van der Waals surface area contributed by atoms with E-state index in [0.29, 0.717) is 12.1 Å². The second-order valence-electron chi connectivity index (χ2n) is 6.07. The number of rotatable bonds is 4. The lowest BCUT2D eigenvalue weighted by molar-refractivity contribution is 0.0916. The average Bonchev–Trinajstić information content (AvgIpc) is 3.17. The normalized spacial score (nSPS) is 25.3. The predicted octanol–water partition coefficient (Wildman–Crippen LogP) is 1.57. The first-order valence-corrected chi connectivity index (χ1v) is 7.91. The van der Waals surface area contributed by atoms with E-state index in [0.717, 1.165) is 38.2 Å². The largest absolute Gasteiger partial charge is 0.393 e. The summed E-state index contributed by atoms with van der Waals surface area (Å²) < 4.78 is 0. The third-order valence-electron chi connectivity index (χ3n) is 4.58. The first-order chi connectivity index (χ1) is 10.2. The highest BCUT2D eigenvalue weighted by Gasteiger charge is 2.25. The van der Waals surface area contributed by atoms with Crippen molar-refractivity contribution in [2.75, 3.05) is 24.5 Å². The van der Waals surface area contributed by atoms with Gasteiger partial charge in [0.25, 0.3) is 5.91 Å². The molecule has 5 heteroatoms. The summed E-state index contributed by atoms with van der Waals surface area (Å²) in [4.78, 5) is 18.7. The van der Waals surface area contributed by atoms with Crippen molar-refractivity contribution in [3.8, 4) is 0 Å². The Balaban J connectivity index is 1.54. The highest BCUT2D eigenvalue weighted by atomic mass is 16.3. The number of aliphatic hydroxyl groups is 1. The van der Waals surface area contributed by atoms with E-state index in [-0.39, 0.29) is 17.9 Å². The number of amides is 1. The molecular formula is C16H23N3O2. The van der Waals surface area contributed by atoms with Gasteiger partial charge in [-0.15, -0.1) is 0 Å². The highest BCUT2D eigenvalue weighted by Crippen LogP contribution is 2.24. The van der Waals surface area contributed by atoms with Gasteiger partial charge < -0.3 is 15.3 Å². The summed E-state index contributed by atoms with van der Waals surface area (Å²) >= 11 is 0. The Kier molecular flexibility index (Phi) is 4.39. The van der Waals surface area contributed by atoms with Crippen molar-refractivity contribution in [3.63, 3.8) is 0 Å². The number of hydrogen-bond acceptors (Lipinski definition) is 4. The lowest BCUT2D eigenvalue weighted by atomic mass is 10.1. The van der Waals surface area contributed by atoms with Crippen LogP contribution in [0.2, 0.25) is 0 Å². The molecule has 2 fully saturated rings. The second-order valence-corrected chi connectivity index (χ2v) is 6.07. The Labute approximate surface area is 125 Å². The van der Waals surface area contributed by atoms with Crippen molar-refractivity contribution < 1.29 is 9.90 Å². The first-order valence-electron chi connectivity index (χ1n) is 7.91. The maximum Gasteiger partial charge on any atom is 0.252 e. The maximum atomic E-state index is 12.1. The Morgan fingerprint density at radius 1 is 1.29 bits per heavy atom. The number of carbonyl (C=O) groups excluding carboxylic acids is 1. The van der Waals surface area contributed by atoms with E-state index in [1.54, 1.807) is 6.20 Å². The van der Waals surface area contributed by atoms with E-state index in [1.165, 1.54) is 12.8 Å². The van der Waals surface area contributed by atoms with E-state index >= 15 is 0 Å². The number of pyridine rings is 1. The first kappa shape index (κ1) is 14.3. The number of anilines is 1. The molecule has 3 rings (SSSR count). The molecule has 5 nitrogen and oxygen atoms in total. The molecule has 1 amide bonds. The summed E-state index contributed by atoms with van der Waals surface area (Å²) in [5, 5.41) is 12.7. The SMILES string of the molecule is O=C(NCC1CCCC1O)c1ccc(N2CCCC2)nc1. The molecule has 0 bridgehead atoms. The van der Waals surface area contributed by atoms with Crippen molar-refractivity contribution in [2.45, 2.75) is 38.2 Å². The van der Waals surface area contributed by atoms with Crippen molar-refractivity contribution in [2.24, 2.45) is 5.92 Å². The molecule has 1 aliphatic heterocycles. The molecule has 1 saturated heterocycles. The van der Waals surface area contributed by atoms with Gasteiger partial charge in [-0.05, 0) is 37.8 Å². The van der Waals surface area contributed by atoms with Crippen LogP contribution in [0, 0.1) is 5.92 Å². The molecule has 2 heterocycles. The summed E-state index contributed by atoms with van der Waals surface area (Å²) in [6.07, 6.45) is 6.71. The van der Waals surface area contributed by atoms with Crippen LogP contribution < -0.4 is 10.2 Å². The molecule has 1 aromatic rings. The van der Waals surface area contributed by atoms with Crippen LogP contribution in [-0.2, 0) is 0 Å². The van der Waals surface area contributed by atoms with Crippen molar-refractivity contribution >= 4 is 11.7 Å². The molecule has 0 radical (unpaired) electrons. The van der Waals surface area contributed by atoms with Gasteiger partial charge in [-0.2, -0.15) is 0 Å². The molecule has 2 N–H and O–H groups in total. The smallest absolute Gasteiger partial charge is 0.252 e. The highest BCUT2D eigenvalue weighted by molar-refractivity contribution is 5.94. The number of nitrogens with zero attached hydrogens (tertiary/aromatic N) is 2. The Bertz CT molecular complexity index is 483. The molecule has 1 aliphatic carbocycles. The number of aliphatic hydroxyl groups excluding tert-OH is 1. The Morgan fingerprint density at radius 2 is 2.10 bits per heavy atom. The van der Waals surface area contributed by atoms with Gasteiger partial charge in [0.15, 0.2) is 0 Å². The predicted molar refractivity (Wildman–Crippen MR) is 81.4 cm³/mol. The van der Waals surface area contributed by atoms with E-state index in [1.807, 2.05) is 12.1 Å². The topological polar surface area (TPSA) is 65.5 Å². The van der Waals surface area contributed by atoms with Gasteiger partial charge in [0.05, 0.1) is 11.7 Å². The number of aromatic nitrogens is 1. The van der Waals surface area contributed by atoms with Gasteiger partial charge in [-0.1, -0.05) is 6.42 Å². The van der Waals surface area contributed by atoms with Crippen LogP contribution in [0.5, 0.6) is 0 Å². The number of nitrogens with one attached hydrogen (secondary N) is 1. The van der Waals surface area contributed by atoms with Crippen molar-refractivity contribution in [1.29, 1.82) is 0 Å². The molecule has 2 unspecified atom stereocenters. The molecule has 114 valence electrons. The van der Waals surface area contributed by atoms with Crippen LogP contribution in [0.3, 0.4) is 0 Å². The average molecular weight is 289 g/mol. The minimum Gasteiger partial charge on any atom is -0.393 e. The molecule has 1 aromatic heterocycles.